The molecule has 3 saturated heterocycles. The zero-order valence-electron chi connectivity index (χ0n) is 36.3. The molecule has 3 fully saturated rings. The van der Waals surface area contributed by atoms with Gasteiger partial charge in [-0.3, -0.25) is 33.6 Å². The molecule has 3 aliphatic rings. The van der Waals surface area contributed by atoms with Crippen molar-refractivity contribution in [2.45, 2.75) is 94.4 Å². The van der Waals surface area contributed by atoms with Crippen LogP contribution in [0.15, 0.2) is 72.9 Å². The Balaban J connectivity index is 1.45. The topological polar surface area (TPSA) is 248 Å². The predicted octanol–water partition coefficient (Wildman–Crippen LogP) is 0.241. The van der Waals surface area contributed by atoms with Crippen molar-refractivity contribution in [1.29, 1.82) is 0 Å². The van der Waals surface area contributed by atoms with Gasteiger partial charge in [0.2, 0.25) is 29.5 Å². The molecule has 3 aliphatic heterocycles. The minimum Gasteiger partial charge on any atom is -0.505 e. The van der Waals surface area contributed by atoms with E-state index in [1.807, 2.05) is 31.1 Å². The van der Waals surface area contributed by atoms with Crippen LogP contribution in [0.25, 0.3) is 0 Å². The number of cyclic esters (lactones) is 1. The van der Waals surface area contributed by atoms with Gasteiger partial charge in [0, 0.05) is 52.4 Å². The fourth-order valence-corrected chi connectivity index (χ4v) is 8.20. The molecule has 3 aromatic rings. The van der Waals surface area contributed by atoms with E-state index in [1.54, 1.807) is 37.3 Å². The maximum absolute atomic E-state index is 15.0. The summed E-state index contributed by atoms with van der Waals surface area (Å²) in [5.74, 6) is -7.26. The molecule has 8 atom stereocenters. The monoisotopic (exact) mass is 882 g/mol. The average molecular weight is 883 g/mol. The molecule has 0 bridgehead atoms. The predicted molar refractivity (Wildman–Crippen MR) is 229 cm³/mol. The number of hydrogen-bond acceptors (Lipinski definition) is 13. The van der Waals surface area contributed by atoms with E-state index in [9.17, 15) is 48.6 Å². The first kappa shape index (κ1) is 46.6. The fourth-order valence-electron chi connectivity index (χ4n) is 8.20. The standard InChI is InChI=1S/C45H54N8O11/c1-6-29-42(60)52-21-11-14-30(52)43(61)51(5)32(22-26-16-18-28(19-17-26)50(3)4)44(62)53-24-35(56)34(55)23-31(53)39(57)49-37(27-12-8-7-9-13-27)45(63)64-25(2)36(40(58)47-29)48-41(59)38-33(54)15-10-20-46-38/h7-10,12-13,15-20,25,29-32,35-37,54,56H,6,11,14,21-24H2,1-5H3,(H,47,58)(H,48,59)(H,49,57)/t25-,29-,30-,31-,32+,35-,36-,37+/m1/s1. The number of fused-ring (bicyclic) bond motifs is 2. The van der Waals surface area contributed by atoms with E-state index in [1.165, 1.54) is 54.2 Å². The molecule has 4 heterocycles. The maximum atomic E-state index is 15.0. The first-order valence-electron chi connectivity index (χ1n) is 21.2. The van der Waals surface area contributed by atoms with E-state index in [0.717, 1.165) is 10.6 Å². The number of likely N-dealkylation sites (N-methyl/N-ethyl adjacent to an activating group) is 1. The van der Waals surface area contributed by atoms with Crippen LogP contribution >= 0.6 is 0 Å². The number of ether oxygens (including phenoxy) is 1. The van der Waals surface area contributed by atoms with Gasteiger partial charge in [0.1, 0.15) is 48.2 Å². The minimum absolute atomic E-state index is 0.0389. The normalized spacial score (nSPS) is 26.4. The quantitative estimate of drug-likeness (QED) is 0.200. The molecule has 19 nitrogen and oxygen atoms in total. The molecule has 64 heavy (non-hydrogen) atoms. The van der Waals surface area contributed by atoms with Gasteiger partial charge in [0.05, 0.1) is 6.54 Å². The lowest BCUT2D eigenvalue weighted by atomic mass is 9.94. The summed E-state index contributed by atoms with van der Waals surface area (Å²) in [6, 6.07) is 9.22. The van der Waals surface area contributed by atoms with Crippen LogP contribution in [0.5, 0.6) is 5.75 Å². The van der Waals surface area contributed by atoms with Gasteiger partial charge >= 0.3 is 5.97 Å². The van der Waals surface area contributed by atoms with E-state index in [0.29, 0.717) is 12.0 Å². The Hall–Kier alpha value is -6.89. The lowest BCUT2D eigenvalue weighted by Crippen LogP contribution is -2.63. The third-order valence-electron chi connectivity index (χ3n) is 11.9. The number of carbonyl (C=O) groups excluding carboxylic acids is 8. The van der Waals surface area contributed by atoms with Gasteiger partial charge in [0.25, 0.3) is 5.91 Å². The first-order chi connectivity index (χ1) is 30.5. The Morgan fingerprint density at radius 3 is 2.25 bits per heavy atom. The third-order valence-corrected chi connectivity index (χ3v) is 11.9. The number of carbonyl (C=O) groups is 8. The Bertz CT molecular complexity index is 2260. The molecule has 0 aliphatic carbocycles. The molecule has 0 spiro atoms. The van der Waals surface area contributed by atoms with Crippen LogP contribution in [0.3, 0.4) is 0 Å². The summed E-state index contributed by atoms with van der Waals surface area (Å²) in [6.07, 6.45) is -1.94. The number of anilines is 1. The van der Waals surface area contributed by atoms with E-state index >= 15 is 0 Å². The van der Waals surface area contributed by atoms with Crippen molar-refractivity contribution in [2.24, 2.45) is 0 Å². The average Bonchev–Trinajstić information content (AvgIpc) is 3.78. The number of Topliss-reactive ketones (excluding diaryl/α,β-unsaturated/α-hetero) is 1. The van der Waals surface area contributed by atoms with Crippen molar-refractivity contribution in [3.05, 3.63) is 89.7 Å². The molecule has 2 aromatic carbocycles. The Labute approximate surface area is 370 Å². The molecule has 6 rings (SSSR count). The number of pyridine rings is 1. The van der Waals surface area contributed by atoms with Crippen molar-refractivity contribution in [2.75, 3.05) is 39.1 Å². The van der Waals surface area contributed by atoms with Crippen LogP contribution in [-0.4, -0.2) is 154 Å². The highest BCUT2D eigenvalue weighted by Gasteiger charge is 2.47. The van der Waals surface area contributed by atoms with E-state index in [-0.39, 0.29) is 31.4 Å². The number of aromatic nitrogens is 1. The zero-order chi connectivity index (χ0) is 46.4. The number of aromatic hydroxyl groups is 1. The highest BCUT2D eigenvalue weighted by Crippen LogP contribution is 2.27. The second-order valence-electron chi connectivity index (χ2n) is 16.4. The van der Waals surface area contributed by atoms with Crippen molar-refractivity contribution in [3.63, 3.8) is 0 Å². The lowest BCUT2D eigenvalue weighted by Gasteiger charge is -2.41. The molecule has 5 N–H and O–H groups in total. The Kier molecular flexibility index (Phi) is 14.6. The molecule has 0 radical (unpaired) electrons. The summed E-state index contributed by atoms with van der Waals surface area (Å²) in [7, 11) is 5.15. The van der Waals surface area contributed by atoms with Crippen LogP contribution in [0.2, 0.25) is 0 Å². The third kappa shape index (κ3) is 10.1. The maximum Gasteiger partial charge on any atom is 0.333 e. The van der Waals surface area contributed by atoms with Crippen LogP contribution in [0.1, 0.15) is 67.2 Å². The van der Waals surface area contributed by atoms with Gasteiger partial charge in [-0.15, -0.1) is 0 Å². The highest BCUT2D eigenvalue weighted by molar-refractivity contribution is 6.01. The summed E-state index contributed by atoms with van der Waals surface area (Å²) < 4.78 is 5.83. The summed E-state index contributed by atoms with van der Waals surface area (Å²) >= 11 is 0. The molecular weight excluding hydrogens is 829 g/mol. The van der Waals surface area contributed by atoms with Gasteiger partial charge in [-0.25, -0.2) is 9.78 Å². The molecule has 6 amide bonds. The van der Waals surface area contributed by atoms with E-state index in [4.69, 9.17) is 4.74 Å². The lowest BCUT2D eigenvalue weighted by molar-refractivity contribution is -0.159. The molecule has 1 aromatic heterocycles. The van der Waals surface area contributed by atoms with Gasteiger partial charge in [-0.05, 0) is 61.6 Å². The number of piperidine rings is 1. The van der Waals surface area contributed by atoms with Crippen LogP contribution < -0.4 is 20.9 Å². The second-order valence-corrected chi connectivity index (χ2v) is 16.4. The summed E-state index contributed by atoms with van der Waals surface area (Å²) in [4.78, 5) is 123. The number of nitrogens with one attached hydrogen (secondary N) is 3. The number of esters is 1. The molecular formula is C45H54N8O11. The van der Waals surface area contributed by atoms with Gasteiger partial charge < -0.3 is 50.5 Å². The number of rotatable bonds is 7. The number of hydrogen-bond donors (Lipinski definition) is 5. The fraction of sp³-hybridized carbons (Fsp3) is 0.444. The Morgan fingerprint density at radius 2 is 1.59 bits per heavy atom. The van der Waals surface area contributed by atoms with Crippen molar-refractivity contribution >= 4 is 52.9 Å². The number of amides is 6. The van der Waals surface area contributed by atoms with Gasteiger partial charge in [-0.1, -0.05) is 49.4 Å². The summed E-state index contributed by atoms with van der Waals surface area (Å²) in [5.41, 5.74) is 1.28. The highest BCUT2D eigenvalue weighted by atomic mass is 16.5. The Morgan fingerprint density at radius 1 is 0.891 bits per heavy atom. The molecule has 0 unspecified atom stereocenters. The van der Waals surface area contributed by atoms with Crippen molar-refractivity contribution in [1.82, 2.24) is 35.6 Å². The molecule has 19 heteroatoms. The summed E-state index contributed by atoms with van der Waals surface area (Å²) in [5, 5.41) is 29.0. The number of benzene rings is 2. The van der Waals surface area contributed by atoms with Crippen LogP contribution in [0.4, 0.5) is 5.69 Å². The molecule has 0 saturated carbocycles. The van der Waals surface area contributed by atoms with Gasteiger partial charge in [0.15, 0.2) is 17.5 Å². The first-order valence-corrected chi connectivity index (χ1v) is 21.2. The van der Waals surface area contributed by atoms with Gasteiger partial charge in [-0.2, -0.15) is 0 Å². The van der Waals surface area contributed by atoms with E-state index in [2.05, 4.69) is 20.9 Å². The van der Waals surface area contributed by atoms with E-state index < -0.39 is 120 Å². The second kappa shape index (κ2) is 20.1. The van der Waals surface area contributed by atoms with Crippen molar-refractivity contribution in [3.8, 4) is 5.75 Å². The van der Waals surface area contributed by atoms with Crippen LogP contribution in [0, 0.1) is 0 Å². The zero-order valence-corrected chi connectivity index (χ0v) is 36.3. The number of ketones is 1. The SMILES string of the molecule is CC[C@H]1NC(=O)[C@H](NC(=O)c2ncccc2O)[C@@H](C)OC(=O)[C@H](c2ccccc2)NC(=O)[C@H]2CC(=O)[C@H](O)CN2C(=O)[C@H](Cc2ccc(N(C)C)cc2)N(C)C(=O)[C@H]2CCCN2C1=O. The molecule has 340 valence electrons. The van der Waals surface area contributed by atoms with Crippen molar-refractivity contribution < 1.29 is 53.3 Å². The minimum atomic E-state index is -1.71. The number of aliphatic hydroxyl groups excluding tert-OH is 1. The van der Waals surface area contributed by atoms with Crippen LogP contribution in [-0.2, 0) is 44.7 Å². The number of nitrogens with zero attached hydrogens (tertiary/aromatic N) is 5. The summed E-state index contributed by atoms with van der Waals surface area (Å²) in [6.45, 7) is 2.48. The largest absolute Gasteiger partial charge is 0.505 e. The number of aliphatic hydroxyl groups is 1. The smallest absolute Gasteiger partial charge is 0.333 e.